The average Bonchev–Trinajstić information content (AvgIpc) is 3.05. The van der Waals surface area contributed by atoms with Gasteiger partial charge in [-0.05, 0) is 67.4 Å². The van der Waals surface area contributed by atoms with Crippen molar-refractivity contribution in [3.8, 4) is 28.3 Å². The van der Waals surface area contributed by atoms with Gasteiger partial charge in [0.25, 0.3) is 0 Å². The van der Waals surface area contributed by atoms with Gasteiger partial charge in [0.2, 0.25) is 5.89 Å². The van der Waals surface area contributed by atoms with Crippen molar-refractivity contribution in [3.63, 3.8) is 0 Å². The molecule has 0 aliphatic heterocycles. The molecule has 4 rings (SSSR count). The Balaban J connectivity index is 1.67. The Hall–Kier alpha value is -3.27. The zero-order valence-corrected chi connectivity index (χ0v) is 14.8. The largest absolute Gasteiger partial charge is 0.491 e. The van der Waals surface area contributed by atoms with E-state index in [4.69, 9.17) is 14.9 Å². The van der Waals surface area contributed by atoms with Crippen LogP contribution in [0.15, 0.2) is 71.1 Å². The number of hydrogen-bond donors (Lipinski definition) is 1. The molecule has 0 unspecified atom stereocenters. The third-order valence-electron chi connectivity index (χ3n) is 4.08. The number of aromatic nitrogens is 1. The Kier molecular flexibility index (Phi) is 4.09. The predicted molar refractivity (Wildman–Crippen MR) is 105 cm³/mol. The van der Waals surface area contributed by atoms with Crippen molar-refractivity contribution in [3.05, 3.63) is 66.7 Å². The molecule has 1 heterocycles. The SMILES string of the molecule is CC(C)Oc1ccc(-c2ccc3oc(-c4cccc(N)c4)nc3c2)cc1. The van der Waals surface area contributed by atoms with Crippen LogP contribution in [0.3, 0.4) is 0 Å². The molecular formula is C22H20N2O2. The number of nitrogen functional groups attached to an aromatic ring is 1. The van der Waals surface area contributed by atoms with E-state index in [0.717, 1.165) is 33.5 Å². The summed E-state index contributed by atoms with van der Waals surface area (Å²) < 4.78 is 11.6. The van der Waals surface area contributed by atoms with E-state index in [2.05, 4.69) is 17.1 Å². The predicted octanol–water partition coefficient (Wildman–Crippen LogP) is 5.53. The highest BCUT2D eigenvalue weighted by atomic mass is 16.5. The van der Waals surface area contributed by atoms with E-state index in [-0.39, 0.29) is 6.10 Å². The average molecular weight is 344 g/mol. The van der Waals surface area contributed by atoms with E-state index in [9.17, 15) is 0 Å². The fourth-order valence-electron chi connectivity index (χ4n) is 2.90. The quantitative estimate of drug-likeness (QED) is 0.494. The van der Waals surface area contributed by atoms with E-state index >= 15 is 0 Å². The fourth-order valence-corrected chi connectivity index (χ4v) is 2.90. The van der Waals surface area contributed by atoms with E-state index in [1.165, 1.54) is 0 Å². The van der Waals surface area contributed by atoms with Crippen molar-refractivity contribution in [1.82, 2.24) is 4.98 Å². The maximum Gasteiger partial charge on any atom is 0.227 e. The zero-order chi connectivity index (χ0) is 18.1. The van der Waals surface area contributed by atoms with Gasteiger partial charge < -0.3 is 14.9 Å². The lowest BCUT2D eigenvalue weighted by molar-refractivity contribution is 0.242. The molecule has 4 nitrogen and oxygen atoms in total. The summed E-state index contributed by atoms with van der Waals surface area (Å²) in [6.45, 7) is 4.04. The molecule has 0 spiro atoms. The zero-order valence-electron chi connectivity index (χ0n) is 14.8. The summed E-state index contributed by atoms with van der Waals surface area (Å²) in [5, 5.41) is 0. The Morgan fingerprint density at radius 1 is 0.885 bits per heavy atom. The summed E-state index contributed by atoms with van der Waals surface area (Å²) >= 11 is 0. The number of fused-ring (bicyclic) bond motifs is 1. The number of nitrogens with zero attached hydrogens (tertiary/aromatic N) is 1. The minimum Gasteiger partial charge on any atom is -0.491 e. The second-order valence-electron chi connectivity index (χ2n) is 6.52. The van der Waals surface area contributed by atoms with Crippen molar-refractivity contribution in [2.75, 3.05) is 5.73 Å². The number of nitrogens with two attached hydrogens (primary N) is 1. The molecule has 0 aliphatic rings. The third-order valence-corrected chi connectivity index (χ3v) is 4.08. The molecule has 130 valence electrons. The molecule has 3 aromatic carbocycles. The minimum atomic E-state index is 0.165. The van der Waals surface area contributed by atoms with E-state index < -0.39 is 0 Å². The number of hydrogen-bond acceptors (Lipinski definition) is 4. The molecule has 0 saturated carbocycles. The molecule has 0 aliphatic carbocycles. The van der Waals surface area contributed by atoms with Gasteiger partial charge in [0.15, 0.2) is 5.58 Å². The Bertz CT molecular complexity index is 1050. The maximum atomic E-state index is 5.88. The summed E-state index contributed by atoms with van der Waals surface area (Å²) in [6.07, 6.45) is 0.165. The smallest absolute Gasteiger partial charge is 0.227 e. The van der Waals surface area contributed by atoms with E-state index in [1.807, 2.05) is 68.4 Å². The lowest BCUT2D eigenvalue weighted by atomic mass is 10.1. The van der Waals surface area contributed by atoms with Crippen LogP contribution in [0.1, 0.15) is 13.8 Å². The van der Waals surface area contributed by atoms with Crippen LogP contribution in [-0.2, 0) is 0 Å². The summed E-state index contributed by atoms with van der Waals surface area (Å²) in [4.78, 5) is 4.62. The molecule has 0 atom stereocenters. The number of anilines is 1. The standard InChI is InChI=1S/C22H20N2O2/c1-14(2)25-19-9-6-15(7-10-19)16-8-11-21-20(13-16)24-22(26-21)17-4-3-5-18(23)12-17/h3-14H,23H2,1-2H3. The third kappa shape index (κ3) is 3.26. The first-order valence-electron chi connectivity index (χ1n) is 8.62. The van der Waals surface area contributed by atoms with Gasteiger partial charge in [0, 0.05) is 11.3 Å². The fraction of sp³-hybridized carbons (Fsp3) is 0.136. The van der Waals surface area contributed by atoms with Gasteiger partial charge >= 0.3 is 0 Å². The molecule has 4 heteroatoms. The van der Waals surface area contributed by atoms with Crippen LogP contribution in [0.5, 0.6) is 5.75 Å². The number of oxazole rings is 1. The van der Waals surface area contributed by atoms with Crippen LogP contribution < -0.4 is 10.5 Å². The summed E-state index contributed by atoms with van der Waals surface area (Å²) in [7, 11) is 0. The second-order valence-corrected chi connectivity index (χ2v) is 6.52. The van der Waals surface area contributed by atoms with Crippen LogP contribution in [-0.4, -0.2) is 11.1 Å². The summed E-state index contributed by atoms with van der Waals surface area (Å²) in [6, 6.07) is 21.6. The molecule has 1 aromatic heterocycles. The van der Waals surface area contributed by atoms with Crippen LogP contribution in [0.2, 0.25) is 0 Å². The van der Waals surface area contributed by atoms with Crippen molar-refractivity contribution in [2.45, 2.75) is 20.0 Å². The second kappa shape index (κ2) is 6.56. The molecule has 0 radical (unpaired) electrons. The monoisotopic (exact) mass is 344 g/mol. The summed E-state index contributed by atoms with van der Waals surface area (Å²) in [5.74, 6) is 1.44. The lowest BCUT2D eigenvalue weighted by Gasteiger charge is -2.10. The van der Waals surface area contributed by atoms with Crippen LogP contribution >= 0.6 is 0 Å². The van der Waals surface area contributed by atoms with E-state index in [0.29, 0.717) is 11.6 Å². The molecule has 0 amide bonds. The van der Waals surface area contributed by atoms with Crippen molar-refractivity contribution in [2.24, 2.45) is 0 Å². The van der Waals surface area contributed by atoms with Crippen LogP contribution in [0.25, 0.3) is 33.7 Å². The highest BCUT2D eigenvalue weighted by Crippen LogP contribution is 2.30. The Morgan fingerprint density at radius 2 is 1.65 bits per heavy atom. The van der Waals surface area contributed by atoms with Crippen molar-refractivity contribution >= 4 is 16.8 Å². The highest BCUT2D eigenvalue weighted by Gasteiger charge is 2.10. The molecule has 4 aromatic rings. The van der Waals surface area contributed by atoms with Crippen molar-refractivity contribution < 1.29 is 9.15 Å². The van der Waals surface area contributed by atoms with Gasteiger partial charge in [0.1, 0.15) is 11.3 Å². The van der Waals surface area contributed by atoms with Gasteiger partial charge in [-0.2, -0.15) is 0 Å². The van der Waals surface area contributed by atoms with Gasteiger partial charge in [-0.1, -0.05) is 24.3 Å². The first-order chi connectivity index (χ1) is 12.6. The minimum absolute atomic E-state index is 0.165. The van der Waals surface area contributed by atoms with Crippen LogP contribution in [0.4, 0.5) is 5.69 Å². The first kappa shape index (κ1) is 16.2. The number of rotatable bonds is 4. The Morgan fingerprint density at radius 3 is 2.38 bits per heavy atom. The molecular weight excluding hydrogens is 324 g/mol. The van der Waals surface area contributed by atoms with Gasteiger partial charge in [0.05, 0.1) is 6.10 Å². The topological polar surface area (TPSA) is 61.3 Å². The molecule has 0 bridgehead atoms. The molecule has 0 saturated heterocycles. The van der Waals surface area contributed by atoms with Gasteiger partial charge in [-0.15, -0.1) is 0 Å². The maximum absolute atomic E-state index is 5.88. The van der Waals surface area contributed by atoms with Gasteiger partial charge in [-0.3, -0.25) is 0 Å². The molecule has 2 N–H and O–H groups in total. The highest BCUT2D eigenvalue weighted by molar-refractivity contribution is 5.82. The van der Waals surface area contributed by atoms with Crippen LogP contribution in [0, 0.1) is 0 Å². The van der Waals surface area contributed by atoms with E-state index in [1.54, 1.807) is 0 Å². The number of ether oxygens (including phenoxy) is 1. The molecule has 26 heavy (non-hydrogen) atoms. The van der Waals surface area contributed by atoms with Gasteiger partial charge in [-0.25, -0.2) is 4.98 Å². The molecule has 0 fully saturated rings. The number of benzene rings is 3. The Labute approximate surface area is 152 Å². The lowest BCUT2D eigenvalue weighted by Crippen LogP contribution is -2.05. The summed E-state index contributed by atoms with van der Waals surface area (Å²) in [5.41, 5.74) is 11.2. The van der Waals surface area contributed by atoms with Crippen molar-refractivity contribution in [1.29, 1.82) is 0 Å². The first-order valence-corrected chi connectivity index (χ1v) is 8.62. The normalized spacial score (nSPS) is 11.2.